The lowest BCUT2D eigenvalue weighted by Gasteiger charge is -2.38. The number of unbranched alkanes of at least 4 members (excludes halogenated alkanes) is 3. The second-order valence-electron chi connectivity index (χ2n) is 6.34. The number of Topliss-reactive ketones (excluding diaryl/α,β-unsaturated/α-hetero) is 1. The summed E-state index contributed by atoms with van der Waals surface area (Å²) >= 11 is 0. The van der Waals surface area contributed by atoms with Crippen LogP contribution in [0.2, 0.25) is 0 Å². The Hall–Kier alpha value is -1.59. The fourth-order valence-corrected chi connectivity index (χ4v) is 3.28. The standard InChI is InChI=1S/C18H31NO5/c1-4-6-7-8-9-15-12-14(10-11-19(15)18(22)23-3)16(20)13-17(21)24-5-2/h14-15H,4-13H2,1-3H3. The fraction of sp³-hybridized carbons (Fsp3) is 0.833. The molecule has 0 aromatic carbocycles. The van der Waals surface area contributed by atoms with Crippen molar-refractivity contribution < 1.29 is 23.9 Å². The van der Waals surface area contributed by atoms with Crippen molar-refractivity contribution in [1.82, 2.24) is 4.90 Å². The number of esters is 1. The molecule has 0 spiro atoms. The first-order valence-electron chi connectivity index (χ1n) is 9.06. The highest BCUT2D eigenvalue weighted by molar-refractivity contribution is 5.96. The van der Waals surface area contributed by atoms with Crippen LogP contribution in [0.4, 0.5) is 4.79 Å². The van der Waals surface area contributed by atoms with Crippen LogP contribution in [0.15, 0.2) is 0 Å². The largest absolute Gasteiger partial charge is 0.466 e. The molecule has 1 fully saturated rings. The summed E-state index contributed by atoms with van der Waals surface area (Å²) in [4.78, 5) is 37.5. The molecule has 1 amide bonds. The maximum Gasteiger partial charge on any atom is 0.409 e. The third-order valence-electron chi connectivity index (χ3n) is 4.60. The number of ketones is 1. The van der Waals surface area contributed by atoms with Crippen LogP contribution in [0, 0.1) is 5.92 Å². The minimum atomic E-state index is -0.461. The molecular formula is C18H31NO5. The minimum Gasteiger partial charge on any atom is -0.466 e. The van der Waals surface area contributed by atoms with Gasteiger partial charge in [-0.1, -0.05) is 32.6 Å². The Labute approximate surface area is 144 Å². The lowest BCUT2D eigenvalue weighted by atomic mass is 9.84. The molecule has 138 valence electrons. The molecule has 2 atom stereocenters. The molecule has 24 heavy (non-hydrogen) atoms. The zero-order valence-electron chi connectivity index (χ0n) is 15.2. The summed E-state index contributed by atoms with van der Waals surface area (Å²) in [7, 11) is 1.38. The normalized spacial score (nSPS) is 20.5. The van der Waals surface area contributed by atoms with E-state index in [1.807, 2.05) is 0 Å². The Morgan fingerprint density at radius 2 is 1.88 bits per heavy atom. The number of carbonyl (C=O) groups excluding carboxylic acids is 3. The van der Waals surface area contributed by atoms with E-state index in [-0.39, 0.29) is 36.9 Å². The van der Waals surface area contributed by atoms with Crippen molar-refractivity contribution in [3.8, 4) is 0 Å². The second-order valence-corrected chi connectivity index (χ2v) is 6.34. The van der Waals surface area contributed by atoms with Gasteiger partial charge < -0.3 is 14.4 Å². The van der Waals surface area contributed by atoms with Crippen LogP contribution < -0.4 is 0 Å². The number of ether oxygens (including phenoxy) is 2. The van der Waals surface area contributed by atoms with Crippen molar-refractivity contribution in [2.45, 2.75) is 71.3 Å². The molecule has 1 saturated heterocycles. The van der Waals surface area contributed by atoms with E-state index in [0.717, 1.165) is 25.7 Å². The molecule has 0 radical (unpaired) electrons. The summed E-state index contributed by atoms with van der Waals surface area (Å²) in [6, 6.07) is 0.0131. The molecule has 1 heterocycles. The Morgan fingerprint density at radius 1 is 1.12 bits per heavy atom. The molecule has 2 unspecified atom stereocenters. The van der Waals surface area contributed by atoms with Gasteiger partial charge in [-0.05, 0) is 26.2 Å². The van der Waals surface area contributed by atoms with Crippen molar-refractivity contribution >= 4 is 17.8 Å². The Bertz CT molecular complexity index is 424. The molecular weight excluding hydrogens is 310 g/mol. The molecule has 1 rings (SSSR count). The van der Waals surface area contributed by atoms with Crippen molar-refractivity contribution in [1.29, 1.82) is 0 Å². The number of likely N-dealkylation sites (tertiary alicyclic amines) is 1. The summed E-state index contributed by atoms with van der Waals surface area (Å²) in [5.41, 5.74) is 0. The average molecular weight is 341 g/mol. The van der Waals surface area contributed by atoms with E-state index in [1.165, 1.54) is 13.5 Å². The van der Waals surface area contributed by atoms with Gasteiger partial charge in [0.15, 0.2) is 0 Å². The van der Waals surface area contributed by atoms with Crippen molar-refractivity contribution in [3.63, 3.8) is 0 Å². The number of hydrogen-bond donors (Lipinski definition) is 0. The van der Waals surface area contributed by atoms with E-state index in [4.69, 9.17) is 9.47 Å². The van der Waals surface area contributed by atoms with E-state index in [2.05, 4.69) is 6.92 Å². The van der Waals surface area contributed by atoms with E-state index in [1.54, 1.807) is 11.8 Å². The van der Waals surface area contributed by atoms with Gasteiger partial charge in [0.1, 0.15) is 12.2 Å². The van der Waals surface area contributed by atoms with E-state index in [0.29, 0.717) is 19.4 Å². The molecule has 0 aromatic rings. The summed E-state index contributed by atoms with van der Waals surface area (Å²) < 4.78 is 9.72. The van der Waals surface area contributed by atoms with Gasteiger partial charge in [0, 0.05) is 18.5 Å². The van der Waals surface area contributed by atoms with Crippen LogP contribution in [0.1, 0.15) is 65.2 Å². The number of rotatable bonds is 9. The van der Waals surface area contributed by atoms with Crippen LogP contribution in [-0.2, 0) is 19.1 Å². The molecule has 0 N–H and O–H groups in total. The molecule has 1 aliphatic rings. The molecule has 0 aromatic heterocycles. The summed E-state index contributed by atoms with van der Waals surface area (Å²) in [5, 5.41) is 0. The van der Waals surface area contributed by atoms with Gasteiger partial charge in [0.05, 0.1) is 13.7 Å². The molecule has 0 aliphatic carbocycles. The van der Waals surface area contributed by atoms with Gasteiger partial charge in [-0.15, -0.1) is 0 Å². The highest BCUT2D eigenvalue weighted by atomic mass is 16.5. The van der Waals surface area contributed by atoms with E-state index < -0.39 is 5.97 Å². The predicted octanol–water partition coefficient (Wildman–Crippen LogP) is 3.33. The van der Waals surface area contributed by atoms with Crippen LogP contribution in [-0.4, -0.2) is 49.0 Å². The molecule has 0 bridgehead atoms. The highest BCUT2D eigenvalue weighted by Crippen LogP contribution is 2.28. The SMILES string of the molecule is CCCCCCC1CC(C(=O)CC(=O)OCC)CCN1C(=O)OC. The topological polar surface area (TPSA) is 72.9 Å². The Kier molecular flexibility index (Phi) is 9.42. The molecule has 6 heteroatoms. The fourth-order valence-electron chi connectivity index (χ4n) is 3.28. The maximum atomic E-state index is 12.3. The van der Waals surface area contributed by atoms with Gasteiger partial charge in [0.2, 0.25) is 0 Å². The van der Waals surface area contributed by atoms with Gasteiger partial charge in [-0.25, -0.2) is 4.79 Å². The second kappa shape index (κ2) is 11.0. The highest BCUT2D eigenvalue weighted by Gasteiger charge is 2.35. The van der Waals surface area contributed by atoms with Crippen molar-refractivity contribution in [2.24, 2.45) is 5.92 Å². The lowest BCUT2D eigenvalue weighted by Crippen LogP contribution is -2.47. The van der Waals surface area contributed by atoms with Gasteiger partial charge in [0.25, 0.3) is 0 Å². The number of amides is 1. The average Bonchev–Trinajstić information content (AvgIpc) is 2.58. The van der Waals surface area contributed by atoms with Crippen LogP contribution in [0.5, 0.6) is 0 Å². The third-order valence-corrected chi connectivity index (χ3v) is 4.60. The van der Waals surface area contributed by atoms with Crippen molar-refractivity contribution in [2.75, 3.05) is 20.3 Å². The third kappa shape index (κ3) is 6.49. The number of methoxy groups -OCH3 is 1. The van der Waals surface area contributed by atoms with E-state index >= 15 is 0 Å². The van der Waals surface area contributed by atoms with Crippen LogP contribution >= 0.6 is 0 Å². The summed E-state index contributed by atoms with van der Waals surface area (Å²) in [5.74, 6) is -0.708. The summed E-state index contributed by atoms with van der Waals surface area (Å²) in [6.07, 6.45) is 6.07. The number of hydrogen-bond acceptors (Lipinski definition) is 5. The van der Waals surface area contributed by atoms with Gasteiger partial charge in [-0.3, -0.25) is 9.59 Å². The predicted molar refractivity (Wildman–Crippen MR) is 90.6 cm³/mol. The first kappa shape index (κ1) is 20.5. The Morgan fingerprint density at radius 3 is 2.50 bits per heavy atom. The molecule has 1 aliphatic heterocycles. The number of nitrogens with zero attached hydrogens (tertiary/aromatic N) is 1. The number of carbonyl (C=O) groups is 3. The lowest BCUT2D eigenvalue weighted by molar-refractivity contribution is -0.146. The van der Waals surface area contributed by atoms with Crippen molar-refractivity contribution in [3.05, 3.63) is 0 Å². The van der Waals surface area contributed by atoms with Gasteiger partial charge >= 0.3 is 12.1 Å². The number of piperidine rings is 1. The van der Waals surface area contributed by atoms with E-state index in [9.17, 15) is 14.4 Å². The Balaban J connectivity index is 2.61. The summed E-state index contributed by atoms with van der Waals surface area (Å²) in [6.45, 7) is 4.67. The minimum absolute atomic E-state index is 0.0131. The zero-order chi connectivity index (χ0) is 17.9. The quantitative estimate of drug-likeness (QED) is 0.365. The zero-order valence-corrected chi connectivity index (χ0v) is 15.2. The van der Waals surface area contributed by atoms with Crippen LogP contribution in [0.25, 0.3) is 0 Å². The molecule has 6 nitrogen and oxygen atoms in total. The van der Waals surface area contributed by atoms with Gasteiger partial charge in [-0.2, -0.15) is 0 Å². The first-order valence-corrected chi connectivity index (χ1v) is 9.06. The smallest absolute Gasteiger partial charge is 0.409 e. The van der Waals surface area contributed by atoms with Crippen LogP contribution in [0.3, 0.4) is 0 Å². The monoisotopic (exact) mass is 341 g/mol. The molecule has 0 saturated carbocycles. The first-order chi connectivity index (χ1) is 11.5. The maximum absolute atomic E-state index is 12.3.